The van der Waals surface area contributed by atoms with Gasteiger partial charge in [0.2, 0.25) is 5.91 Å². The number of amides is 1. The van der Waals surface area contributed by atoms with Gasteiger partial charge in [-0.05, 0) is 54.2 Å². The van der Waals surface area contributed by atoms with Crippen LogP contribution in [-0.4, -0.2) is 30.5 Å². The highest BCUT2D eigenvalue weighted by atomic mass is 16.6. The van der Waals surface area contributed by atoms with Gasteiger partial charge in [0.25, 0.3) is 0 Å². The molecular formula is C29H32N2O3. The van der Waals surface area contributed by atoms with Crippen LogP contribution in [-0.2, 0) is 17.8 Å². The van der Waals surface area contributed by atoms with Crippen molar-refractivity contribution >= 4 is 5.91 Å². The van der Waals surface area contributed by atoms with E-state index in [2.05, 4.69) is 84.7 Å². The minimum atomic E-state index is -0.231. The molecule has 2 heterocycles. The number of aryl methyl sites for hydroxylation is 1. The summed E-state index contributed by atoms with van der Waals surface area (Å²) in [5.41, 5.74) is 5.93. The summed E-state index contributed by atoms with van der Waals surface area (Å²) in [6.45, 7) is 5.43. The highest BCUT2D eigenvalue weighted by Crippen LogP contribution is 2.42. The number of likely N-dealkylation sites (N-methyl/N-ethyl adjacent to an activating group) is 1. The van der Waals surface area contributed by atoms with Gasteiger partial charge in [-0.2, -0.15) is 0 Å². The van der Waals surface area contributed by atoms with Crippen molar-refractivity contribution in [2.45, 2.75) is 51.4 Å². The van der Waals surface area contributed by atoms with Crippen LogP contribution in [0.2, 0.25) is 0 Å². The fourth-order valence-corrected chi connectivity index (χ4v) is 5.19. The number of hydrogen-bond donors (Lipinski definition) is 1. The number of carbonyl (C=O) groups excluding carboxylic acids is 1. The second-order valence-electron chi connectivity index (χ2n) is 9.24. The number of nitrogens with one attached hydrogen (secondary N) is 1. The number of carbonyl (C=O) groups is 1. The van der Waals surface area contributed by atoms with Crippen LogP contribution < -0.4 is 14.8 Å². The lowest BCUT2D eigenvalue weighted by Crippen LogP contribution is -2.50. The SMILES string of the molecule is CCC(c1ccccc1)N1Cc2cc3c(cc2CC1C(=O)NC)OCC(c1ccc(C)cc1)O3. The molecule has 0 spiro atoms. The molecule has 0 fully saturated rings. The van der Waals surface area contributed by atoms with E-state index in [1.54, 1.807) is 7.05 Å². The van der Waals surface area contributed by atoms with Gasteiger partial charge in [0.05, 0.1) is 6.04 Å². The predicted molar refractivity (Wildman–Crippen MR) is 133 cm³/mol. The van der Waals surface area contributed by atoms with Gasteiger partial charge in [-0.1, -0.05) is 67.1 Å². The van der Waals surface area contributed by atoms with Crippen LogP contribution in [0.3, 0.4) is 0 Å². The molecule has 3 aromatic carbocycles. The predicted octanol–water partition coefficient (Wildman–Crippen LogP) is 5.13. The first kappa shape index (κ1) is 22.5. The zero-order chi connectivity index (χ0) is 23.7. The first-order valence-corrected chi connectivity index (χ1v) is 12.1. The van der Waals surface area contributed by atoms with Gasteiger partial charge in [-0.15, -0.1) is 0 Å². The van der Waals surface area contributed by atoms with E-state index in [0.29, 0.717) is 19.6 Å². The van der Waals surface area contributed by atoms with E-state index in [4.69, 9.17) is 9.47 Å². The molecule has 3 unspecified atom stereocenters. The molecule has 0 aromatic heterocycles. The van der Waals surface area contributed by atoms with Crippen LogP contribution in [0, 0.1) is 6.92 Å². The highest BCUT2D eigenvalue weighted by molar-refractivity contribution is 5.82. The molecule has 1 amide bonds. The van der Waals surface area contributed by atoms with Crippen molar-refractivity contribution in [1.82, 2.24) is 10.2 Å². The smallest absolute Gasteiger partial charge is 0.237 e. The fraction of sp³-hybridized carbons (Fsp3) is 0.345. The van der Waals surface area contributed by atoms with E-state index in [9.17, 15) is 4.79 Å². The Bertz CT molecular complexity index is 1160. The average molecular weight is 457 g/mol. The van der Waals surface area contributed by atoms with Gasteiger partial charge in [-0.3, -0.25) is 9.69 Å². The molecule has 2 aliphatic rings. The number of benzene rings is 3. The van der Waals surface area contributed by atoms with Crippen molar-refractivity contribution in [2.24, 2.45) is 0 Å². The van der Waals surface area contributed by atoms with Gasteiger partial charge >= 0.3 is 0 Å². The maximum absolute atomic E-state index is 12.9. The maximum atomic E-state index is 12.9. The van der Waals surface area contributed by atoms with Crippen molar-refractivity contribution in [3.8, 4) is 11.5 Å². The minimum Gasteiger partial charge on any atom is -0.485 e. The van der Waals surface area contributed by atoms with Crippen LogP contribution in [0.1, 0.15) is 53.3 Å². The van der Waals surface area contributed by atoms with E-state index in [1.807, 2.05) is 6.07 Å². The Morgan fingerprint density at radius 3 is 2.50 bits per heavy atom. The highest BCUT2D eigenvalue weighted by Gasteiger charge is 2.37. The lowest BCUT2D eigenvalue weighted by Gasteiger charge is -2.41. The molecule has 0 aliphatic carbocycles. The molecule has 0 saturated carbocycles. The Hall–Kier alpha value is -3.31. The summed E-state index contributed by atoms with van der Waals surface area (Å²) in [6, 6.07) is 23.0. The van der Waals surface area contributed by atoms with E-state index in [1.165, 1.54) is 16.7 Å². The van der Waals surface area contributed by atoms with Crippen LogP contribution in [0.15, 0.2) is 66.7 Å². The monoisotopic (exact) mass is 456 g/mol. The third kappa shape index (κ3) is 4.28. The third-order valence-corrected chi connectivity index (χ3v) is 7.06. The van der Waals surface area contributed by atoms with E-state index < -0.39 is 0 Å². The van der Waals surface area contributed by atoms with Gasteiger partial charge in [-0.25, -0.2) is 0 Å². The van der Waals surface area contributed by atoms with Crippen molar-refractivity contribution < 1.29 is 14.3 Å². The number of fused-ring (bicyclic) bond motifs is 2. The van der Waals surface area contributed by atoms with Crippen molar-refractivity contribution in [2.75, 3.05) is 13.7 Å². The second kappa shape index (κ2) is 9.51. The largest absolute Gasteiger partial charge is 0.485 e. The maximum Gasteiger partial charge on any atom is 0.237 e. The molecule has 0 bridgehead atoms. The molecule has 176 valence electrons. The standard InChI is InChI=1S/C29H32N2O3/c1-4-24(20-8-6-5-7-9-20)31-17-23-16-27-26(15-22(23)14-25(31)29(32)30-3)33-18-28(34-27)21-12-10-19(2)11-13-21/h5-13,15-16,24-25,28H,4,14,17-18H2,1-3H3,(H,30,32). The summed E-state index contributed by atoms with van der Waals surface area (Å²) < 4.78 is 12.5. The molecule has 1 N–H and O–H groups in total. The molecule has 34 heavy (non-hydrogen) atoms. The summed E-state index contributed by atoms with van der Waals surface area (Å²) in [7, 11) is 1.72. The average Bonchev–Trinajstić information content (AvgIpc) is 2.88. The van der Waals surface area contributed by atoms with Crippen molar-refractivity contribution in [1.29, 1.82) is 0 Å². The number of nitrogens with zero attached hydrogens (tertiary/aromatic N) is 1. The molecule has 3 aromatic rings. The lowest BCUT2D eigenvalue weighted by molar-refractivity contribution is -0.127. The lowest BCUT2D eigenvalue weighted by atomic mass is 9.89. The molecule has 5 nitrogen and oxygen atoms in total. The first-order chi connectivity index (χ1) is 16.6. The van der Waals surface area contributed by atoms with Gasteiger partial charge in [0, 0.05) is 19.6 Å². The quantitative estimate of drug-likeness (QED) is 0.578. The summed E-state index contributed by atoms with van der Waals surface area (Å²) in [5, 5.41) is 2.88. The zero-order valence-corrected chi connectivity index (χ0v) is 20.1. The van der Waals surface area contributed by atoms with Gasteiger partial charge in [0.1, 0.15) is 6.61 Å². The Balaban J connectivity index is 1.47. The molecular weight excluding hydrogens is 424 g/mol. The molecule has 5 heteroatoms. The van der Waals surface area contributed by atoms with Crippen LogP contribution in [0.4, 0.5) is 0 Å². The Kier molecular flexibility index (Phi) is 6.29. The van der Waals surface area contributed by atoms with E-state index >= 15 is 0 Å². The molecule has 5 rings (SSSR count). The molecule has 0 radical (unpaired) electrons. The number of rotatable bonds is 5. The van der Waals surface area contributed by atoms with Crippen LogP contribution in [0.5, 0.6) is 11.5 Å². The van der Waals surface area contributed by atoms with E-state index in [0.717, 1.165) is 29.0 Å². The Morgan fingerprint density at radius 1 is 1.06 bits per heavy atom. The normalized spacial score (nSPS) is 20.3. The topological polar surface area (TPSA) is 50.8 Å². The molecule has 2 aliphatic heterocycles. The van der Waals surface area contributed by atoms with Crippen LogP contribution >= 0.6 is 0 Å². The minimum absolute atomic E-state index is 0.0503. The van der Waals surface area contributed by atoms with E-state index in [-0.39, 0.29) is 24.1 Å². The van der Waals surface area contributed by atoms with Gasteiger partial charge < -0.3 is 14.8 Å². The number of ether oxygens (including phenoxy) is 2. The summed E-state index contributed by atoms with van der Waals surface area (Å²) in [6.07, 6.45) is 1.45. The third-order valence-electron chi connectivity index (χ3n) is 7.06. The fourth-order valence-electron chi connectivity index (χ4n) is 5.19. The Morgan fingerprint density at radius 2 is 1.79 bits per heavy atom. The van der Waals surface area contributed by atoms with Crippen molar-refractivity contribution in [3.63, 3.8) is 0 Å². The van der Waals surface area contributed by atoms with Gasteiger partial charge in [0.15, 0.2) is 17.6 Å². The Labute approximate surface area is 201 Å². The molecule has 0 saturated heterocycles. The zero-order valence-electron chi connectivity index (χ0n) is 20.1. The summed E-state index contributed by atoms with van der Waals surface area (Å²) in [5.74, 6) is 1.59. The molecule has 3 atom stereocenters. The summed E-state index contributed by atoms with van der Waals surface area (Å²) >= 11 is 0. The number of hydrogen-bond acceptors (Lipinski definition) is 4. The second-order valence-corrected chi connectivity index (χ2v) is 9.24. The van der Waals surface area contributed by atoms with Crippen LogP contribution in [0.25, 0.3) is 0 Å². The summed E-state index contributed by atoms with van der Waals surface area (Å²) in [4.78, 5) is 15.3. The van der Waals surface area contributed by atoms with Crippen molar-refractivity contribution in [3.05, 3.63) is 94.5 Å². The first-order valence-electron chi connectivity index (χ1n) is 12.1.